The van der Waals surface area contributed by atoms with Gasteiger partial charge in [-0.2, -0.15) is 0 Å². The summed E-state index contributed by atoms with van der Waals surface area (Å²) in [6.07, 6.45) is 3.47. The molecule has 0 spiro atoms. The molecule has 0 radical (unpaired) electrons. The van der Waals surface area contributed by atoms with Crippen molar-refractivity contribution in [2.24, 2.45) is 5.92 Å². The van der Waals surface area contributed by atoms with Crippen LogP contribution in [0.2, 0.25) is 5.02 Å². The fraction of sp³-hybridized carbons (Fsp3) is 0.647. The van der Waals surface area contributed by atoms with Gasteiger partial charge in [-0.25, -0.2) is 0 Å². The molecule has 1 aromatic carbocycles. The molecule has 4 heteroatoms. The summed E-state index contributed by atoms with van der Waals surface area (Å²) >= 11 is 6.15. The van der Waals surface area contributed by atoms with Crippen LogP contribution in [0.1, 0.15) is 32.3 Å². The standard InChI is InChI=1S/C17H26ClNO2/c1-4-16-14(8-9-21-16)15(19-5-2)11-12-10-13(18)6-7-17(12)20-3/h6-7,10,14-16,19H,4-5,8-9,11H2,1-3H3. The van der Waals surface area contributed by atoms with Crippen LogP contribution in [-0.4, -0.2) is 32.4 Å². The van der Waals surface area contributed by atoms with Crippen LogP contribution in [0.15, 0.2) is 18.2 Å². The van der Waals surface area contributed by atoms with E-state index in [9.17, 15) is 0 Å². The molecule has 1 aliphatic rings. The maximum atomic E-state index is 6.15. The Morgan fingerprint density at radius 2 is 2.24 bits per heavy atom. The van der Waals surface area contributed by atoms with Gasteiger partial charge in [0, 0.05) is 23.6 Å². The van der Waals surface area contributed by atoms with Gasteiger partial charge in [-0.05, 0) is 49.6 Å². The Labute approximate surface area is 133 Å². The number of hydrogen-bond donors (Lipinski definition) is 1. The van der Waals surface area contributed by atoms with Crippen LogP contribution < -0.4 is 10.1 Å². The third-order valence-electron chi connectivity index (χ3n) is 4.33. The van der Waals surface area contributed by atoms with E-state index in [1.807, 2.05) is 18.2 Å². The molecule has 118 valence electrons. The highest BCUT2D eigenvalue weighted by Crippen LogP contribution is 2.31. The SMILES string of the molecule is CCNC(Cc1cc(Cl)ccc1OC)C1CCOC1CC. The second kappa shape index (κ2) is 8.02. The fourth-order valence-corrected chi connectivity index (χ4v) is 3.52. The van der Waals surface area contributed by atoms with Gasteiger partial charge in [0.2, 0.25) is 0 Å². The minimum Gasteiger partial charge on any atom is -0.496 e. The minimum atomic E-state index is 0.360. The van der Waals surface area contributed by atoms with E-state index in [-0.39, 0.29) is 0 Å². The first-order valence-electron chi connectivity index (χ1n) is 7.87. The Bertz CT molecular complexity index is 452. The first-order valence-corrected chi connectivity index (χ1v) is 8.24. The predicted molar refractivity (Wildman–Crippen MR) is 87.3 cm³/mol. The largest absolute Gasteiger partial charge is 0.496 e. The van der Waals surface area contributed by atoms with Crippen LogP contribution in [-0.2, 0) is 11.2 Å². The number of rotatable bonds is 7. The highest BCUT2D eigenvalue weighted by atomic mass is 35.5. The van der Waals surface area contributed by atoms with Crippen molar-refractivity contribution in [2.45, 2.75) is 45.3 Å². The molecule has 2 rings (SSSR count). The summed E-state index contributed by atoms with van der Waals surface area (Å²) in [6, 6.07) is 6.24. The molecule has 21 heavy (non-hydrogen) atoms. The second-order valence-electron chi connectivity index (χ2n) is 5.59. The molecule has 3 unspecified atom stereocenters. The molecule has 1 N–H and O–H groups in total. The van der Waals surface area contributed by atoms with Crippen molar-refractivity contribution in [2.75, 3.05) is 20.3 Å². The lowest BCUT2D eigenvalue weighted by atomic mass is 9.87. The molecular formula is C17H26ClNO2. The molecule has 1 aliphatic heterocycles. The molecule has 1 heterocycles. The van der Waals surface area contributed by atoms with Gasteiger partial charge in [-0.3, -0.25) is 0 Å². The summed E-state index contributed by atoms with van der Waals surface area (Å²) in [5, 5.41) is 4.39. The lowest BCUT2D eigenvalue weighted by Crippen LogP contribution is -2.41. The summed E-state index contributed by atoms with van der Waals surface area (Å²) in [4.78, 5) is 0. The normalized spacial score (nSPS) is 23.2. The minimum absolute atomic E-state index is 0.360. The number of hydrogen-bond acceptors (Lipinski definition) is 3. The van der Waals surface area contributed by atoms with E-state index in [4.69, 9.17) is 21.1 Å². The van der Waals surface area contributed by atoms with Gasteiger partial charge in [0.25, 0.3) is 0 Å². The first kappa shape index (κ1) is 16.6. The summed E-state index contributed by atoms with van der Waals surface area (Å²) in [7, 11) is 1.71. The number of nitrogens with one attached hydrogen (secondary N) is 1. The highest BCUT2D eigenvalue weighted by molar-refractivity contribution is 6.30. The van der Waals surface area contributed by atoms with Crippen molar-refractivity contribution in [3.63, 3.8) is 0 Å². The Morgan fingerprint density at radius 3 is 2.90 bits per heavy atom. The van der Waals surface area contributed by atoms with Gasteiger partial charge in [0.15, 0.2) is 0 Å². The van der Waals surface area contributed by atoms with Crippen molar-refractivity contribution in [1.29, 1.82) is 0 Å². The fourth-order valence-electron chi connectivity index (χ4n) is 3.33. The molecule has 0 aromatic heterocycles. The van der Waals surface area contributed by atoms with Gasteiger partial charge in [-0.1, -0.05) is 25.4 Å². The van der Waals surface area contributed by atoms with Gasteiger partial charge >= 0.3 is 0 Å². The molecule has 0 amide bonds. The number of methoxy groups -OCH3 is 1. The van der Waals surface area contributed by atoms with Crippen molar-refractivity contribution >= 4 is 11.6 Å². The van der Waals surface area contributed by atoms with Gasteiger partial charge in [0.05, 0.1) is 13.2 Å². The molecular weight excluding hydrogens is 286 g/mol. The Morgan fingerprint density at radius 1 is 1.43 bits per heavy atom. The number of halogens is 1. The molecule has 1 aromatic rings. The zero-order valence-electron chi connectivity index (χ0n) is 13.2. The third kappa shape index (κ3) is 4.12. The smallest absolute Gasteiger partial charge is 0.122 e. The molecule has 0 saturated carbocycles. The quantitative estimate of drug-likeness (QED) is 0.833. The summed E-state index contributed by atoms with van der Waals surface area (Å²) in [5.41, 5.74) is 1.16. The van der Waals surface area contributed by atoms with E-state index in [0.717, 1.165) is 48.7 Å². The average molecular weight is 312 g/mol. The van der Waals surface area contributed by atoms with E-state index in [1.165, 1.54) is 0 Å². The van der Waals surface area contributed by atoms with Crippen molar-refractivity contribution in [3.8, 4) is 5.75 Å². The number of likely N-dealkylation sites (N-methyl/N-ethyl adjacent to an activating group) is 1. The number of ether oxygens (including phenoxy) is 2. The van der Waals surface area contributed by atoms with E-state index in [0.29, 0.717) is 18.1 Å². The molecule has 1 saturated heterocycles. The van der Waals surface area contributed by atoms with Gasteiger partial charge in [-0.15, -0.1) is 0 Å². The molecule has 1 fully saturated rings. The monoisotopic (exact) mass is 311 g/mol. The van der Waals surface area contributed by atoms with Crippen molar-refractivity contribution in [1.82, 2.24) is 5.32 Å². The molecule has 3 nitrogen and oxygen atoms in total. The Hall–Kier alpha value is -0.770. The highest BCUT2D eigenvalue weighted by Gasteiger charge is 2.33. The van der Waals surface area contributed by atoms with E-state index in [1.54, 1.807) is 7.11 Å². The van der Waals surface area contributed by atoms with Crippen LogP contribution in [0.25, 0.3) is 0 Å². The lowest BCUT2D eigenvalue weighted by Gasteiger charge is -2.28. The summed E-state index contributed by atoms with van der Waals surface area (Å²) < 4.78 is 11.3. The van der Waals surface area contributed by atoms with Crippen molar-refractivity contribution in [3.05, 3.63) is 28.8 Å². The first-order chi connectivity index (χ1) is 10.2. The molecule has 0 aliphatic carbocycles. The van der Waals surface area contributed by atoms with E-state index < -0.39 is 0 Å². The van der Waals surface area contributed by atoms with E-state index in [2.05, 4.69) is 19.2 Å². The zero-order valence-corrected chi connectivity index (χ0v) is 14.0. The molecule has 3 atom stereocenters. The second-order valence-corrected chi connectivity index (χ2v) is 6.03. The zero-order chi connectivity index (χ0) is 15.2. The van der Waals surface area contributed by atoms with Crippen LogP contribution in [0, 0.1) is 5.92 Å². The predicted octanol–water partition coefficient (Wildman–Crippen LogP) is 3.68. The maximum absolute atomic E-state index is 6.15. The third-order valence-corrected chi connectivity index (χ3v) is 4.56. The summed E-state index contributed by atoms with van der Waals surface area (Å²) in [6.45, 7) is 6.18. The topological polar surface area (TPSA) is 30.5 Å². The van der Waals surface area contributed by atoms with Crippen LogP contribution in [0.3, 0.4) is 0 Å². The van der Waals surface area contributed by atoms with Gasteiger partial charge < -0.3 is 14.8 Å². The Kier molecular flexibility index (Phi) is 6.34. The van der Waals surface area contributed by atoms with Crippen LogP contribution in [0.5, 0.6) is 5.75 Å². The molecule has 0 bridgehead atoms. The lowest BCUT2D eigenvalue weighted by molar-refractivity contribution is 0.0776. The van der Waals surface area contributed by atoms with Crippen LogP contribution in [0.4, 0.5) is 0 Å². The van der Waals surface area contributed by atoms with E-state index >= 15 is 0 Å². The maximum Gasteiger partial charge on any atom is 0.122 e. The van der Waals surface area contributed by atoms with Gasteiger partial charge in [0.1, 0.15) is 5.75 Å². The summed E-state index contributed by atoms with van der Waals surface area (Å²) in [5.74, 6) is 1.47. The van der Waals surface area contributed by atoms with Crippen LogP contribution >= 0.6 is 11.6 Å². The number of benzene rings is 1. The Balaban J connectivity index is 2.17. The average Bonchev–Trinajstić information content (AvgIpc) is 2.95. The van der Waals surface area contributed by atoms with Crippen molar-refractivity contribution < 1.29 is 9.47 Å².